The van der Waals surface area contributed by atoms with E-state index in [0.29, 0.717) is 0 Å². The Morgan fingerprint density at radius 1 is 1.14 bits per heavy atom. The zero-order chi connectivity index (χ0) is 9.97. The van der Waals surface area contributed by atoms with Crippen molar-refractivity contribution in [3.05, 3.63) is 46.8 Å². The van der Waals surface area contributed by atoms with Gasteiger partial charge < -0.3 is 0 Å². The molecule has 0 spiro atoms. The van der Waals surface area contributed by atoms with E-state index in [1.807, 2.05) is 11.3 Å². The first-order chi connectivity index (χ1) is 6.81. The second-order valence-corrected chi connectivity index (χ2v) is 4.69. The maximum Gasteiger partial charge on any atom is 0.0377 e. The van der Waals surface area contributed by atoms with Gasteiger partial charge in [-0.2, -0.15) is 0 Å². The van der Waals surface area contributed by atoms with Crippen LogP contribution >= 0.6 is 11.3 Å². The van der Waals surface area contributed by atoms with Crippen LogP contribution in [0.4, 0.5) is 0 Å². The summed E-state index contributed by atoms with van der Waals surface area (Å²) >= 11 is 1.89. The lowest BCUT2D eigenvalue weighted by Gasteiger charge is -2.00. The van der Waals surface area contributed by atoms with Crippen molar-refractivity contribution in [2.75, 3.05) is 0 Å². The minimum Gasteiger partial charge on any atom is -0.140 e. The van der Waals surface area contributed by atoms with Gasteiger partial charge in [0.05, 0.1) is 0 Å². The summed E-state index contributed by atoms with van der Waals surface area (Å²) in [6.07, 6.45) is 1.12. The minimum atomic E-state index is 1.12. The molecule has 2 aromatic rings. The molecule has 0 atom stereocenters. The largest absolute Gasteiger partial charge is 0.140 e. The highest BCUT2D eigenvalue weighted by Gasteiger charge is 2.06. The Balaban J connectivity index is 2.51. The van der Waals surface area contributed by atoms with Gasteiger partial charge in [-0.1, -0.05) is 37.3 Å². The van der Waals surface area contributed by atoms with Crippen LogP contribution in [0.5, 0.6) is 0 Å². The van der Waals surface area contributed by atoms with Crippen molar-refractivity contribution in [3.63, 3.8) is 0 Å². The Kier molecular flexibility index (Phi) is 2.69. The summed E-state index contributed by atoms with van der Waals surface area (Å²) in [6, 6.07) is 12.9. The van der Waals surface area contributed by atoms with E-state index < -0.39 is 0 Å². The quantitative estimate of drug-likeness (QED) is 0.681. The van der Waals surface area contributed by atoms with Gasteiger partial charge in [-0.3, -0.25) is 0 Å². The highest BCUT2D eigenvalue weighted by atomic mass is 32.1. The summed E-state index contributed by atoms with van der Waals surface area (Å²) in [5.41, 5.74) is 2.82. The van der Waals surface area contributed by atoms with Crippen LogP contribution in [0.1, 0.15) is 17.4 Å². The van der Waals surface area contributed by atoms with Crippen molar-refractivity contribution in [2.45, 2.75) is 20.3 Å². The van der Waals surface area contributed by atoms with Crippen molar-refractivity contribution in [1.82, 2.24) is 0 Å². The van der Waals surface area contributed by atoms with E-state index in [1.165, 1.54) is 20.9 Å². The summed E-state index contributed by atoms with van der Waals surface area (Å²) in [4.78, 5) is 2.84. The molecular formula is C13H14S. The maximum absolute atomic E-state index is 2.30. The number of rotatable bonds is 2. The fraction of sp³-hybridized carbons (Fsp3) is 0.231. The molecule has 0 unspecified atom stereocenters. The molecular weight excluding hydrogens is 188 g/mol. The molecule has 0 bridgehead atoms. The van der Waals surface area contributed by atoms with E-state index in [4.69, 9.17) is 0 Å². The van der Waals surface area contributed by atoms with Crippen molar-refractivity contribution in [3.8, 4) is 10.4 Å². The van der Waals surface area contributed by atoms with Crippen LogP contribution in [-0.2, 0) is 6.42 Å². The molecule has 72 valence electrons. The zero-order valence-corrected chi connectivity index (χ0v) is 9.40. The second kappa shape index (κ2) is 3.97. The van der Waals surface area contributed by atoms with Crippen LogP contribution in [0.15, 0.2) is 36.4 Å². The van der Waals surface area contributed by atoms with Crippen molar-refractivity contribution in [2.24, 2.45) is 0 Å². The normalized spacial score (nSPS) is 10.4. The van der Waals surface area contributed by atoms with Crippen LogP contribution < -0.4 is 0 Å². The van der Waals surface area contributed by atoms with Crippen LogP contribution in [0.3, 0.4) is 0 Å². The van der Waals surface area contributed by atoms with E-state index in [9.17, 15) is 0 Å². The third-order valence-electron chi connectivity index (χ3n) is 2.35. The van der Waals surface area contributed by atoms with Gasteiger partial charge in [0, 0.05) is 9.75 Å². The molecule has 0 amide bonds. The third kappa shape index (κ3) is 1.73. The zero-order valence-electron chi connectivity index (χ0n) is 8.58. The molecule has 0 N–H and O–H groups in total. The van der Waals surface area contributed by atoms with Crippen molar-refractivity contribution >= 4 is 11.3 Å². The summed E-state index contributed by atoms with van der Waals surface area (Å²) in [5.74, 6) is 0. The van der Waals surface area contributed by atoms with Crippen LogP contribution in [0.2, 0.25) is 0 Å². The molecule has 0 nitrogen and oxygen atoms in total. The molecule has 14 heavy (non-hydrogen) atoms. The number of benzene rings is 1. The molecule has 0 aliphatic heterocycles. The fourth-order valence-electron chi connectivity index (χ4n) is 1.66. The number of aryl methyl sites for hydroxylation is 2. The first-order valence-electron chi connectivity index (χ1n) is 4.96. The van der Waals surface area contributed by atoms with E-state index in [0.717, 1.165) is 6.42 Å². The van der Waals surface area contributed by atoms with Gasteiger partial charge in [0.15, 0.2) is 0 Å². The average Bonchev–Trinajstić information content (AvgIpc) is 2.61. The molecule has 0 fully saturated rings. The molecule has 0 aliphatic carbocycles. The Morgan fingerprint density at radius 2 is 1.86 bits per heavy atom. The maximum atomic E-state index is 2.30. The van der Waals surface area contributed by atoms with Crippen molar-refractivity contribution < 1.29 is 0 Å². The van der Waals surface area contributed by atoms with Crippen LogP contribution in [0, 0.1) is 6.92 Å². The van der Waals surface area contributed by atoms with Crippen molar-refractivity contribution in [1.29, 1.82) is 0 Å². The Bertz CT molecular complexity index is 412. The van der Waals surface area contributed by atoms with Gasteiger partial charge in [0.2, 0.25) is 0 Å². The number of thiophene rings is 1. The molecule has 1 heteroatoms. The van der Waals surface area contributed by atoms with Crippen LogP contribution in [-0.4, -0.2) is 0 Å². The Labute approximate surface area is 89.2 Å². The SMILES string of the molecule is CCc1cc(C)sc1-c1ccccc1. The Morgan fingerprint density at radius 3 is 2.50 bits per heavy atom. The first kappa shape index (κ1) is 9.47. The van der Waals surface area contributed by atoms with Gasteiger partial charge in [-0.25, -0.2) is 0 Å². The van der Waals surface area contributed by atoms with E-state index in [-0.39, 0.29) is 0 Å². The predicted octanol–water partition coefficient (Wildman–Crippen LogP) is 4.29. The summed E-state index contributed by atoms with van der Waals surface area (Å²) in [5, 5.41) is 0. The summed E-state index contributed by atoms with van der Waals surface area (Å²) in [6.45, 7) is 4.39. The van der Waals surface area contributed by atoms with Gasteiger partial charge in [0.25, 0.3) is 0 Å². The van der Waals surface area contributed by atoms with E-state index in [1.54, 1.807) is 0 Å². The molecule has 0 radical (unpaired) electrons. The number of hydrogen-bond acceptors (Lipinski definition) is 1. The topological polar surface area (TPSA) is 0 Å². The lowest BCUT2D eigenvalue weighted by Crippen LogP contribution is -1.79. The fourth-order valence-corrected chi connectivity index (χ4v) is 2.77. The van der Waals surface area contributed by atoms with E-state index in [2.05, 4.69) is 50.2 Å². The highest BCUT2D eigenvalue weighted by molar-refractivity contribution is 7.15. The predicted molar refractivity (Wildman–Crippen MR) is 63.9 cm³/mol. The summed E-state index contributed by atoms with van der Waals surface area (Å²) < 4.78 is 0. The average molecular weight is 202 g/mol. The van der Waals surface area contributed by atoms with Gasteiger partial charge in [-0.15, -0.1) is 11.3 Å². The van der Waals surface area contributed by atoms with Gasteiger partial charge in [0.1, 0.15) is 0 Å². The van der Waals surface area contributed by atoms with Gasteiger partial charge >= 0.3 is 0 Å². The molecule has 1 aromatic carbocycles. The minimum absolute atomic E-state index is 1.12. The lowest BCUT2D eigenvalue weighted by molar-refractivity contribution is 1.15. The second-order valence-electron chi connectivity index (χ2n) is 3.43. The molecule has 1 aromatic heterocycles. The Hall–Kier alpha value is -1.08. The molecule has 1 heterocycles. The van der Waals surface area contributed by atoms with Gasteiger partial charge in [-0.05, 0) is 30.5 Å². The van der Waals surface area contributed by atoms with Crippen LogP contribution in [0.25, 0.3) is 10.4 Å². The number of hydrogen-bond donors (Lipinski definition) is 0. The molecule has 2 rings (SSSR count). The monoisotopic (exact) mass is 202 g/mol. The molecule has 0 saturated heterocycles. The van der Waals surface area contributed by atoms with E-state index >= 15 is 0 Å². The highest BCUT2D eigenvalue weighted by Crippen LogP contribution is 2.32. The smallest absolute Gasteiger partial charge is 0.0377 e. The summed E-state index contributed by atoms with van der Waals surface area (Å²) in [7, 11) is 0. The first-order valence-corrected chi connectivity index (χ1v) is 5.77. The lowest BCUT2D eigenvalue weighted by atomic mass is 10.1. The third-order valence-corrected chi connectivity index (χ3v) is 3.49. The molecule has 0 saturated carbocycles. The standard InChI is InChI=1S/C13H14S/c1-3-11-9-10(2)14-13(11)12-7-5-4-6-8-12/h4-9H,3H2,1-2H3. The molecule has 0 aliphatic rings.